The summed E-state index contributed by atoms with van der Waals surface area (Å²) >= 11 is 0. The van der Waals surface area contributed by atoms with E-state index in [9.17, 15) is 4.79 Å². The molecular weight excluding hydrogens is 252 g/mol. The molecule has 0 spiro atoms. The van der Waals surface area contributed by atoms with Gasteiger partial charge in [0.15, 0.2) is 0 Å². The van der Waals surface area contributed by atoms with Crippen molar-refractivity contribution in [2.45, 2.75) is 71.9 Å². The fraction of sp³-hybridized carbons (Fsp3) is 0.938. The lowest BCUT2D eigenvalue weighted by Crippen LogP contribution is -2.48. The Labute approximate surface area is 124 Å². The average Bonchev–Trinajstić information content (AvgIpc) is 2.37. The number of amides is 1. The first-order valence-corrected chi connectivity index (χ1v) is 8.09. The van der Waals surface area contributed by atoms with Crippen molar-refractivity contribution in [1.29, 1.82) is 0 Å². The van der Waals surface area contributed by atoms with Gasteiger partial charge in [0.05, 0.1) is 0 Å². The maximum atomic E-state index is 12.4. The monoisotopic (exact) mass is 284 g/mol. The average molecular weight is 284 g/mol. The van der Waals surface area contributed by atoms with Crippen molar-refractivity contribution in [3.8, 4) is 0 Å². The number of rotatable bonds is 5. The molecule has 1 amide bonds. The summed E-state index contributed by atoms with van der Waals surface area (Å²) in [7, 11) is 0. The molecule has 1 fully saturated rings. The first-order valence-electron chi connectivity index (χ1n) is 8.09. The Morgan fingerprint density at radius 3 is 2.35 bits per heavy atom. The summed E-state index contributed by atoms with van der Waals surface area (Å²) in [6, 6.07) is 0.321. The maximum Gasteiger partial charge on any atom is 0.410 e. The van der Waals surface area contributed by atoms with Gasteiger partial charge in [-0.1, -0.05) is 13.3 Å². The SMILES string of the molecule is CCCC(C1CCNCC1)N(CC)C(=O)OC(C)(C)C. The topological polar surface area (TPSA) is 41.6 Å². The van der Waals surface area contributed by atoms with Gasteiger partial charge in [-0.25, -0.2) is 4.79 Å². The fourth-order valence-electron chi connectivity index (χ4n) is 2.99. The van der Waals surface area contributed by atoms with Gasteiger partial charge < -0.3 is 15.0 Å². The molecule has 1 atom stereocenters. The molecule has 4 heteroatoms. The van der Waals surface area contributed by atoms with E-state index in [1.165, 1.54) is 0 Å². The Hall–Kier alpha value is -0.770. The van der Waals surface area contributed by atoms with Gasteiger partial charge >= 0.3 is 6.09 Å². The molecule has 1 unspecified atom stereocenters. The lowest BCUT2D eigenvalue weighted by Gasteiger charge is -2.39. The molecule has 0 radical (unpaired) electrons. The van der Waals surface area contributed by atoms with Crippen LogP contribution in [0, 0.1) is 5.92 Å². The highest BCUT2D eigenvalue weighted by atomic mass is 16.6. The van der Waals surface area contributed by atoms with Crippen molar-refractivity contribution < 1.29 is 9.53 Å². The quantitative estimate of drug-likeness (QED) is 0.841. The van der Waals surface area contributed by atoms with E-state index in [-0.39, 0.29) is 6.09 Å². The van der Waals surface area contributed by atoms with E-state index in [2.05, 4.69) is 12.2 Å². The summed E-state index contributed by atoms with van der Waals surface area (Å²) in [5, 5.41) is 3.40. The Morgan fingerprint density at radius 1 is 1.30 bits per heavy atom. The van der Waals surface area contributed by atoms with Crippen molar-refractivity contribution >= 4 is 6.09 Å². The number of carbonyl (C=O) groups is 1. The standard InChI is InChI=1S/C16H32N2O2/c1-6-8-14(13-9-11-17-12-10-13)18(7-2)15(19)20-16(3,4)5/h13-14,17H,6-12H2,1-5H3. The van der Waals surface area contributed by atoms with E-state index >= 15 is 0 Å². The molecular formula is C16H32N2O2. The van der Waals surface area contributed by atoms with Crippen LogP contribution in [-0.4, -0.2) is 42.3 Å². The molecule has 0 aromatic heterocycles. The molecule has 1 aliphatic rings. The number of piperidine rings is 1. The molecule has 1 aliphatic heterocycles. The number of nitrogens with zero attached hydrogens (tertiary/aromatic N) is 1. The van der Waals surface area contributed by atoms with E-state index in [4.69, 9.17) is 4.74 Å². The summed E-state index contributed by atoms with van der Waals surface area (Å²) in [4.78, 5) is 14.4. The zero-order valence-electron chi connectivity index (χ0n) is 13.9. The molecule has 1 rings (SSSR count). The molecule has 0 bridgehead atoms. The van der Waals surface area contributed by atoms with E-state index in [0.717, 1.165) is 45.3 Å². The van der Waals surface area contributed by atoms with Crippen LogP contribution in [-0.2, 0) is 4.74 Å². The van der Waals surface area contributed by atoms with Crippen molar-refractivity contribution in [2.24, 2.45) is 5.92 Å². The minimum Gasteiger partial charge on any atom is -0.444 e. The van der Waals surface area contributed by atoms with Gasteiger partial charge in [0.25, 0.3) is 0 Å². The predicted octanol–water partition coefficient (Wildman–Crippen LogP) is 3.41. The predicted molar refractivity (Wildman–Crippen MR) is 82.9 cm³/mol. The molecule has 0 aromatic rings. The van der Waals surface area contributed by atoms with E-state index < -0.39 is 5.60 Å². The normalized spacial score (nSPS) is 18.6. The van der Waals surface area contributed by atoms with E-state index in [0.29, 0.717) is 12.0 Å². The first-order chi connectivity index (χ1) is 9.39. The second kappa shape index (κ2) is 7.87. The minimum absolute atomic E-state index is 0.156. The van der Waals surface area contributed by atoms with Crippen LogP contribution in [0.1, 0.15) is 60.3 Å². The molecule has 0 aliphatic carbocycles. The number of nitrogens with one attached hydrogen (secondary N) is 1. The Kier molecular flexibility index (Phi) is 6.80. The molecule has 1 saturated heterocycles. The molecule has 0 aromatic carbocycles. The van der Waals surface area contributed by atoms with Gasteiger partial charge in [0.1, 0.15) is 5.60 Å². The van der Waals surface area contributed by atoms with Crippen molar-refractivity contribution in [3.05, 3.63) is 0 Å². The van der Waals surface area contributed by atoms with Crippen molar-refractivity contribution in [3.63, 3.8) is 0 Å². The lowest BCUT2D eigenvalue weighted by molar-refractivity contribution is 0.00728. The molecule has 0 saturated carbocycles. The smallest absolute Gasteiger partial charge is 0.410 e. The second-order valence-corrected chi connectivity index (χ2v) is 6.71. The minimum atomic E-state index is -0.421. The third-order valence-electron chi connectivity index (χ3n) is 3.88. The Bertz CT molecular complexity index is 293. The van der Waals surface area contributed by atoms with Gasteiger partial charge in [-0.05, 0) is 66.0 Å². The summed E-state index contributed by atoms with van der Waals surface area (Å²) < 4.78 is 5.58. The molecule has 1 heterocycles. The van der Waals surface area contributed by atoms with Gasteiger partial charge in [0.2, 0.25) is 0 Å². The Balaban J connectivity index is 2.76. The van der Waals surface area contributed by atoms with E-state index in [1.807, 2.05) is 32.6 Å². The van der Waals surface area contributed by atoms with Gasteiger partial charge in [-0.15, -0.1) is 0 Å². The number of ether oxygens (including phenoxy) is 1. The van der Waals surface area contributed by atoms with Crippen LogP contribution in [0.4, 0.5) is 4.79 Å². The fourth-order valence-corrected chi connectivity index (χ4v) is 2.99. The van der Waals surface area contributed by atoms with Crippen LogP contribution in [0.15, 0.2) is 0 Å². The van der Waals surface area contributed by atoms with E-state index in [1.54, 1.807) is 0 Å². The van der Waals surface area contributed by atoms with Crippen LogP contribution >= 0.6 is 0 Å². The summed E-state index contributed by atoms with van der Waals surface area (Å²) in [5.74, 6) is 0.601. The van der Waals surface area contributed by atoms with Gasteiger partial charge in [-0.3, -0.25) is 0 Å². The zero-order valence-corrected chi connectivity index (χ0v) is 13.9. The zero-order chi connectivity index (χ0) is 15.2. The molecule has 1 N–H and O–H groups in total. The van der Waals surface area contributed by atoms with Crippen LogP contribution < -0.4 is 5.32 Å². The number of carbonyl (C=O) groups excluding carboxylic acids is 1. The number of hydrogen-bond acceptors (Lipinski definition) is 3. The van der Waals surface area contributed by atoms with Crippen LogP contribution in [0.3, 0.4) is 0 Å². The Morgan fingerprint density at radius 2 is 1.90 bits per heavy atom. The van der Waals surface area contributed by atoms with Crippen LogP contribution in [0.25, 0.3) is 0 Å². The largest absolute Gasteiger partial charge is 0.444 e. The summed E-state index contributed by atoms with van der Waals surface area (Å²) in [6.45, 7) is 12.9. The highest BCUT2D eigenvalue weighted by Gasteiger charge is 2.32. The highest BCUT2D eigenvalue weighted by molar-refractivity contribution is 5.68. The molecule has 20 heavy (non-hydrogen) atoms. The third-order valence-corrected chi connectivity index (χ3v) is 3.88. The lowest BCUT2D eigenvalue weighted by atomic mass is 9.86. The summed E-state index contributed by atoms with van der Waals surface area (Å²) in [6.07, 6.45) is 4.33. The third kappa shape index (κ3) is 5.31. The van der Waals surface area contributed by atoms with Crippen molar-refractivity contribution in [1.82, 2.24) is 10.2 Å². The maximum absolute atomic E-state index is 12.4. The van der Waals surface area contributed by atoms with Crippen molar-refractivity contribution in [2.75, 3.05) is 19.6 Å². The van der Waals surface area contributed by atoms with Gasteiger partial charge in [0, 0.05) is 12.6 Å². The number of hydrogen-bond donors (Lipinski definition) is 1. The molecule has 4 nitrogen and oxygen atoms in total. The van der Waals surface area contributed by atoms with Crippen LogP contribution in [0.2, 0.25) is 0 Å². The molecule has 118 valence electrons. The second-order valence-electron chi connectivity index (χ2n) is 6.71. The van der Waals surface area contributed by atoms with Gasteiger partial charge in [-0.2, -0.15) is 0 Å². The first kappa shape index (κ1) is 17.3. The summed E-state index contributed by atoms with van der Waals surface area (Å²) in [5.41, 5.74) is -0.421. The van der Waals surface area contributed by atoms with Crippen LogP contribution in [0.5, 0.6) is 0 Å². The highest BCUT2D eigenvalue weighted by Crippen LogP contribution is 2.26.